The standard InChI is InChI=1S/C29H23F2N3O5/c1-4-25(21-15-27(38-3)24(35)16-23(21)32-2)39-26-12-9-18(14-22(26)31)33-28(36)20-6-5-13-34(29(20)37)19-10-7-17(30)8-11-19/h4-16,35H,2H2,1,3H3,(H,33,36)/b25-4+. The SMILES string of the molecule is C=Nc1cc(O)c(OC)cc1/C(=C\C)Oc1ccc(NC(=O)c2cccn(-c3ccc(F)cc3)c2=O)cc1F. The summed E-state index contributed by atoms with van der Waals surface area (Å²) in [5.41, 5.74) is 0.341. The van der Waals surface area contributed by atoms with Gasteiger partial charge in [-0.25, -0.2) is 8.78 Å². The molecule has 0 fully saturated rings. The lowest BCUT2D eigenvalue weighted by Gasteiger charge is -2.15. The number of halogens is 2. The fourth-order valence-electron chi connectivity index (χ4n) is 3.77. The lowest BCUT2D eigenvalue weighted by Crippen LogP contribution is -2.27. The quantitative estimate of drug-likeness (QED) is 0.219. The molecule has 0 spiro atoms. The van der Waals surface area contributed by atoms with Crippen molar-refractivity contribution in [2.45, 2.75) is 6.92 Å². The summed E-state index contributed by atoms with van der Waals surface area (Å²) in [4.78, 5) is 29.6. The molecule has 4 aromatic rings. The van der Waals surface area contributed by atoms with Crippen LogP contribution in [0.1, 0.15) is 22.8 Å². The summed E-state index contributed by atoms with van der Waals surface area (Å²) in [5, 5.41) is 12.5. The van der Waals surface area contributed by atoms with Crippen molar-refractivity contribution in [3.8, 4) is 22.9 Å². The van der Waals surface area contributed by atoms with Gasteiger partial charge in [-0.2, -0.15) is 0 Å². The maximum Gasteiger partial charge on any atom is 0.267 e. The number of hydrogen-bond acceptors (Lipinski definition) is 6. The zero-order valence-electron chi connectivity index (χ0n) is 20.9. The highest BCUT2D eigenvalue weighted by Gasteiger charge is 2.18. The fraction of sp³-hybridized carbons (Fsp3) is 0.0690. The van der Waals surface area contributed by atoms with Crippen molar-refractivity contribution in [1.29, 1.82) is 0 Å². The van der Waals surface area contributed by atoms with E-state index in [1.807, 2.05) is 0 Å². The summed E-state index contributed by atoms with van der Waals surface area (Å²) < 4.78 is 40.4. The van der Waals surface area contributed by atoms with Gasteiger partial charge in [-0.05, 0) is 74.3 Å². The Morgan fingerprint density at radius 2 is 1.79 bits per heavy atom. The molecule has 0 radical (unpaired) electrons. The topological polar surface area (TPSA) is 102 Å². The number of methoxy groups -OCH3 is 1. The number of nitrogens with zero attached hydrogens (tertiary/aromatic N) is 2. The van der Waals surface area contributed by atoms with Gasteiger partial charge in [-0.1, -0.05) is 0 Å². The molecule has 0 aliphatic rings. The van der Waals surface area contributed by atoms with Gasteiger partial charge in [-0.15, -0.1) is 0 Å². The summed E-state index contributed by atoms with van der Waals surface area (Å²) in [6.07, 6.45) is 3.03. The van der Waals surface area contributed by atoms with E-state index in [0.29, 0.717) is 16.9 Å². The van der Waals surface area contributed by atoms with Crippen molar-refractivity contribution in [2.75, 3.05) is 12.4 Å². The Balaban J connectivity index is 1.56. The molecule has 1 heterocycles. The number of hydrogen-bond donors (Lipinski definition) is 2. The number of allylic oxidation sites excluding steroid dienone is 1. The second-order valence-electron chi connectivity index (χ2n) is 8.13. The molecule has 198 valence electrons. The van der Waals surface area contributed by atoms with Crippen LogP contribution in [0.3, 0.4) is 0 Å². The number of anilines is 1. The average Bonchev–Trinajstić information content (AvgIpc) is 2.93. The van der Waals surface area contributed by atoms with Gasteiger partial charge in [0.1, 0.15) is 17.1 Å². The molecule has 0 unspecified atom stereocenters. The van der Waals surface area contributed by atoms with E-state index in [1.54, 1.807) is 13.0 Å². The number of aromatic hydroxyl groups is 1. The van der Waals surface area contributed by atoms with E-state index >= 15 is 4.39 Å². The number of phenolic OH excluding ortho intramolecular Hbond substituents is 1. The highest BCUT2D eigenvalue weighted by molar-refractivity contribution is 6.04. The smallest absolute Gasteiger partial charge is 0.267 e. The maximum atomic E-state index is 15.0. The Bertz CT molecular complexity index is 1650. The minimum absolute atomic E-state index is 0.0863. The highest BCUT2D eigenvalue weighted by atomic mass is 19.1. The lowest BCUT2D eigenvalue weighted by molar-refractivity contribution is 0.102. The first-order valence-corrected chi connectivity index (χ1v) is 11.6. The fourth-order valence-corrected chi connectivity index (χ4v) is 3.77. The Morgan fingerprint density at radius 1 is 1.05 bits per heavy atom. The van der Waals surface area contributed by atoms with Crippen LogP contribution in [0.2, 0.25) is 0 Å². The number of phenols is 1. The normalized spacial score (nSPS) is 11.1. The van der Waals surface area contributed by atoms with Crippen molar-refractivity contribution in [1.82, 2.24) is 4.57 Å². The van der Waals surface area contributed by atoms with E-state index in [4.69, 9.17) is 9.47 Å². The molecule has 3 aromatic carbocycles. The molecule has 0 aliphatic carbocycles. The van der Waals surface area contributed by atoms with Crippen LogP contribution in [0.25, 0.3) is 11.4 Å². The molecule has 0 saturated heterocycles. The average molecular weight is 532 g/mol. The van der Waals surface area contributed by atoms with Gasteiger partial charge in [0.15, 0.2) is 23.1 Å². The summed E-state index contributed by atoms with van der Waals surface area (Å²) in [6, 6.07) is 14.7. The third-order valence-corrected chi connectivity index (χ3v) is 5.70. The number of aliphatic imine (C=N–C) groups is 1. The first-order chi connectivity index (χ1) is 18.7. The molecule has 10 heteroatoms. The van der Waals surface area contributed by atoms with Crippen LogP contribution >= 0.6 is 0 Å². The Kier molecular flexibility index (Phi) is 7.85. The van der Waals surface area contributed by atoms with Crippen molar-refractivity contribution in [2.24, 2.45) is 4.99 Å². The monoisotopic (exact) mass is 531 g/mol. The number of rotatable bonds is 8. The molecule has 1 aromatic heterocycles. The molecule has 1 amide bonds. The third-order valence-electron chi connectivity index (χ3n) is 5.70. The van der Waals surface area contributed by atoms with Crippen molar-refractivity contribution in [3.63, 3.8) is 0 Å². The lowest BCUT2D eigenvalue weighted by atomic mass is 10.1. The van der Waals surface area contributed by atoms with Gasteiger partial charge in [0.05, 0.1) is 12.8 Å². The van der Waals surface area contributed by atoms with Crippen molar-refractivity contribution < 1.29 is 28.2 Å². The van der Waals surface area contributed by atoms with Crippen LogP contribution in [-0.2, 0) is 0 Å². The molecule has 39 heavy (non-hydrogen) atoms. The van der Waals surface area contributed by atoms with Crippen LogP contribution in [0.5, 0.6) is 17.2 Å². The first-order valence-electron chi connectivity index (χ1n) is 11.6. The predicted octanol–water partition coefficient (Wildman–Crippen LogP) is 5.85. The summed E-state index contributed by atoms with van der Waals surface area (Å²) in [5.74, 6) is -1.92. The Labute approximate surface area is 222 Å². The first kappa shape index (κ1) is 26.8. The number of aromatic nitrogens is 1. The molecule has 0 saturated carbocycles. The minimum Gasteiger partial charge on any atom is -0.504 e. The van der Waals surface area contributed by atoms with Crippen molar-refractivity contribution >= 4 is 29.8 Å². The van der Waals surface area contributed by atoms with Gasteiger partial charge in [0, 0.05) is 35.3 Å². The number of ether oxygens (including phenoxy) is 2. The van der Waals surface area contributed by atoms with Gasteiger partial charge in [0.2, 0.25) is 0 Å². The van der Waals surface area contributed by atoms with Crippen LogP contribution < -0.4 is 20.3 Å². The molecule has 0 bridgehead atoms. The van der Waals surface area contributed by atoms with E-state index in [0.717, 1.165) is 6.07 Å². The van der Waals surface area contributed by atoms with E-state index in [2.05, 4.69) is 17.0 Å². The second-order valence-corrected chi connectivity index (χ2v) is 8.13. The molecule has 8 nitrogen and oxygen atoms in total. The van der Waals surface area contributed by atoms with E-state index in [9.17, 15) is 19.1 Å². The Hall–Kier alpha value is -5.25. The third kappa shape index (κ3) is 5.69. The number of pyridine rings is 1. The molecular formula is C29H23F2N3O5. The minimum atomic E-state index is -0.789. The second kappa shape index (κ2) is 11.4. The Morgan fingerprint density at radius 3 is 2.44 bits per heavy atom. The predicted molar refractivity (Wildman–Crippen MR) is 144 cm³/mol. The molecule has 0 atom stereocenters. The summed E-state index contributed by atoms with van der Waals surface area (Å²) in [6.45, 7) is 5.16. The highest BCUT2D eigenvalue weighted by Crippen LogP contribution is 2.38. The van der Waals surface area contributed by atoms with Gasteiger partial charge in [0.25, 0.3) is 11.5 Å². The van der Waals surface area contributed by atoms with Crippen molar-refractivity contribution in [3.05, 3.63) is 112 Å². The summed E-state index contributed by atoms with van der Waals surface area (Å²) in [7, 11) is 1.39. The van der Waals surface area contributed by atoms with Gasteiger partial charge in [-0.3, -0.25) is 19.1 Å². The molecular weight excluding hydrogens is 508 g/mol. The zero-order valence-corrected chi connectivity index (χ0v) is 20.9. The van der Waals surface area contributed by atoms with Crippen LogP contribution in [0.4, 0.5) is 20.2 Å². The van der Waals surface area contributed by atoms with E-state index in [-0.39, 0.29) is 34.3 Å². The van der Waals surface area contributed by atoms with E-state index < -0.39 is 23.1 Å². The number of carbonyl (C=O) groups is 1. The number of benzene rings is 3. The van der Waals surface area contributed by atoms with Gasteiger partial charge >= 0.3 is 0 Å². The number of nitrogens with one attached hydrogen (secondary N) is 1. The van der Waals surface area contributed by atoms with Crippen LogP contribution in [0.15, 0.2) is 88.8 Å². The van der Waals surface area contributed by atoms with E-state index in [1.165, 1.54) is 78.5 Å². The number of carbonyl (C=O) groups excluding carboxylic acids is 1. The molecule has 0 aliphatic heterocycles. The number of amides is 1. The maximum absolute atomic E-state index is 15.0. The van der Waals surface area contributed by atoms with Crippen LogP contribution in [-0.4, -0.2) is 29.4 Å². The molecule has 2 N–H and O–H groups in total. The molecule has 4 rings (SSSR count). The summed E-state index contributed by atoms with van der Waals surface area (Å²) >= 11 is 0. The largest absolute Gasteiger partial charge is 0.504 e. The zero-order chi connectivity index (χ0) is 28.1. The van der Waals surface area contributed by atoms with Gasteiger partial charge < -0.3 is 19.9 Å². The van der Waals surface area contributed by atoms with Crippen LogP contribution in [0, 0.1) is 11.6 Å².